The van der Waals surface area contributed by atoms with Gasteiger partial charge < -0.3 is 10.1 Å². The predicted octanol–water partition coefficient (Wildman–Crippen LogP) is 1.49. The van der Waals surface area contributed by atoms with Crippen LogP contribution >= 0.6 is 0 Å². The molecule has 1 N–H and O–H groups in total. The van der Waals surface area contributed by atoms with Gasteiger partial charge in [-0.3, -0.25) is 4.79 Å². The normalized spacial score (nSPS) is 24.8. The van der Waals surface area contributed by atoms with E-state index >= 15 is 0 Å². The van der Waals surface area contributed by atoms with Gasteiger partial charge in [-0.05, 0) is 0 Å². The smallest absolute Gasteiger partial charge is 0.405 e. The molecule has 0 aromatic rings. The Hall–Kier alpha value is -0.990. The average Bonchev–Trinajstić information content (AvgIpc) is 2.59. The molecule has 0 spiro atoms. The van der Waals surface area contributed by atoms with Gasteiger partial charge in [0.25, 0.3) is 0 Å². The lowest BCUT2D eigenvalue weighted by Gasteiger charge is -2.36. The summed E-state index contributed by atoms with van der Waals surface area (Å²) in [5.74, 6) is -3.84. The molecule has 0 saturated carbocycles. The Bertz CT molecular complexity index is 296. The number of alkyl halides is 6. The number of rotatable bonds is 1. The maximum atomic E-state index is 12.7. The first-order chi connectivity index (χ1) is 7.58. The highest BCUT2D eigenvalue weighted by Crippen LogP contribution is 2.56. The number of halogens is 6. The van der Waals surface area contributed by atoms with Crippen LogP contribution < -0.4 is 5.32 Å². The van der Waals surface area contributed by atoms with Crippen molar-refractivity contribution in [3.63, 3.8) is 0 Å². The van der Waals surface area contributed by atoms with E-state index in [-0.39, 0.29) is 0 Å². The van der Waals surface area contributed by atoms with Gasteiger partial charge in [0.15, 0.2) is 5.41 Å². The first-order valence-corrected chi connectivity index (χ1v) is 4.50. The molecule has 100 valence electrons. The van der Waals surface area contributed by atoms with Crippen LogP contribution in [0.1, 0.15) is 0 Å². The molecule has 0 aromatic carbocycles. The van der Waals surface area contributed by atoms with Gasteiger partial charge in [-0.15, -0.1) is 0 Å². The van der Waals surface area contributed by atoms with E-state index in [9.17, 15) is 31.1 Å². The van der Waals surface area contributed by atoms with E-state index in [2.05, 4.69) is 4.74 Å². The molecule has 17 heavy (non-hydrogen) atoms. The number of carbonyl (C=O) groups is 1. The minimum absolute atomic E-state index is 0.717. The molecule has 0 radical (unpaired) electrons. The Morgan fingerprint density at radius 2 is 1.71 bits per heavy atom. The Morgan fingerprint density at radius 1 is 1.24 bits per heavy atom. The molecule has 0 aromatic heterocycles. The summed E-state index contributed by atoms with van der Waals surface area (Å²) in [7, 11) is 0.748. The Labute approximate surface area is 92.1 Å². The van der Waals surface area contributed by atoms with Gasteiger partial charge in [0.05, 0.1) is 13.0 Å². The molecule has 1 heterocycles. The fourth-order valence-corrected chi connectivity index (χ4v) is 1.89. The van der Waals surface area contributed by atoms with Crippen molar-refractivity contribution >= 4 is 5.97 Å². The van der Waals surface area contributed by atoms with Crippen LogP contribution in [0.5, 0.6) is 0 Å². The second-order valence-electron chi connectivity index (χ2n) is 3.67. The number of ether oxygens (including phenoxy) is 1. The highest BCUT2D eigenvalue weighted by Gasteiger charge is 2.77. The van der Waals surface area contributed by atoms with Crippen molar-refractivity contribution in [3.05, 3.63) is 0 Å². The monoisotopic (exact) mass is 265 g/mol. The van der Waals surface area contributed by atoms with E-state index in [1.807, 2.05) is 5.32 Å². The van der Waals surface area contributed by atoms with E-state index in [4.69, 9.17) is 0 Å². The maximum Gasteiger partial charge on any atom is 0.405 e. The quantitative estimate of drug-likeness (QED) is 0.576. The van der Waals surface area contributed by atoms with Crippen LogP contribution in [0, 0.1) is 11.3 Å². The Kier molecular flexibility index (Phi) is 3.34. The molecule has 1 atom stereocenters. The predicted molar refractivity (Wildman–Crippen MR) is 42.9 cm³/mol. The topological polar surface area (TPSA) is 38.3 Å². The molecule has 1 fully saturated rings. The summed E-state index contributed by atoms with van der Waals surface area (Å²) in [6.45, 7) is -2.09. The SMILES string of the molecule is COC(=O)C1CNCC1(C(F)(F)F)C(F)(F)F. The average molecular weight is 265 g/mol. The summed E-state index contributed by atoms with van der Waals surface area (Å²) in [5.41, 5.74) is -4.08. The molecule has 1 rings (SSSR count). The first kappa shape index (κ1) is 14.1. The number of hydrogen-bond donors (Lipinski definition) is 1. The molecular formula is C8H9F6NO2. The molecule has 1 aliphatic rings. The number of esters is 1. The van der Waals surface area contributed by atoms with Gasteiger partial charge in [0.1, 0.15) is 0 Å². The molecular weight excluding hydrogens is 256 g/mol. The lowest BCUT2D eigenvalue weighted by molar-refractivity contribution is -0.344. The number of hydrogen-bond acceptors (Lipinski definition) is 3. The molecule has 1 saturated heterocycles. The second-order valence-corrected chi connectivity index (χ2v) is 3.67. The molecule has 0 amide bonds. The van der Waals surface area contributed by atoms with Crippen LogP contribution in [0.15, 0.2) is 0 Å². The maximum absolute atomic E-state index is 12.7. The van der Waals surface area contributed by atoms with Crippen LogP contribution in [0.3, 0.4) is 0 Å². The highest BCUT2D eigenvalue weighted by atomic mass is 19.4. The molecule has 0 aliphatic carbocycles. The summed E-state index contributed by atoms with van der Waals surface area (Å²) in [6.07, 6.45) is -11.2. The van der Waals surface area contributed by atoms with E-state index in [0.717, 1.165) is 7.11 Å². The zero-order chi connectivity index (χ0) is 13.5. The fraction of sp³-hybridized carbons (Fsp3) is 0.875. The lowest BCUT2D eigenvalue weighted by Crippen LogP contribution is -2.57. The van der Waals surface area contributed by atoms with Crippen molar-refractivity contribution in [2.24, 2.45) is 11.3 Å². The van der Waals surface area contributed by atoms with Gasteiger partial charge in [-0.25, -0.2) is 0 Å². The minimum atomic E-state index is -5.58. The molecule has 3 nitrogen and oxygen atoms in total. The van der Waals surface area contributed by atoms with Crippen molar-refractivity contribution in [1.29, 1.82) is 0 Å². The Balaban J connectivity index is 3.28. The standard InChI is InChI=1S/C8H9F6NO2/c1-17-5(16)4-2-15-3-6(4,7(9,10)11)8(12,13)14/h4,15H,2-3H2,1H3. The third-order valence-electron chi connectivity index (χ3n) is 2.84. The summed E-state index contributed by atoms with van der Waals surface area (Å²) >= 11 is 0. The van der Waals surface area contributed by atoms with Crippen LogP contribution in [-0.2, 0) is 9.53 Å². The third-order valence-corrected chi connectivity index (χ3v) is 2.84. The van der Waals surface area contributed by atoms with Gasteiger partial charge in [-0.1, -0.05) is 0 Å². The first-order valence-electron chi connectivity index (χ1n) is 4.50. The van der Waals surface area contributed by atoms with Crippen molar-refractivity contribution in [1.82, 2.24) is 5.32 Å². The summed E-state index contributed by atoms with van der Waals surface area (Å²) in [6, 6.07) is 0. The van der Waals surface area contributed by atoms with Crippen molar-refractivity contribution in [3.8, 4) is 0 Å². The van der Waals surface area contributed by atoms with Crippen LogP contribution in [-0.4, -0.2) is 38.5 Å². The van der Waals surface area contributed by atoms with Gasteiger partial charge in [-0.2, -0.15) is 26.3 Å². The lowest BCUT2D eigenvalue weighted by atomic mass is 9.76. The zero-order valence-corrected chi connectivity index (χ0v) is 8.58. The fourth-order valence-electron chi connectivity index (χ4n) is 1.89. The van der Waals surface area contributed by atoms with Gasteiger partial charge >= 0.3 is 18.3 Å². The summed E-state index contributed by atoms with van der Waals surface area (Å²) < 4.78 is 80.1. The van der Waals surface area contributed by atoms with Crippen LogP contribution in [0.25, 0.3) is 0 Å². The van der Waals surface area contributed by atoms with E-state index < -0.39 is 42.7 Å². The van der Waals surface area contributed by atoms with Crippen LogP contribution in [0.2, 0.25) is 0 Å². The van der Waals surface area contributed by atoms with Gasteiger partial charge in [0.2, 0.25) is 0 Å². The summed E-state index contributed by atoms with van der Waals surface area (Å²) in [5, 5.41) is 1.95. The number of nitrogens with one attached hydrogen (secondary N) is 1. The van der Waals surface area contributed by atoms with Gasteiger partial charge in [0, 0.05) is 13.1 Å². The van der Waals surface area contributed by atoms with Crippen LogP contribution in [0.4, 0.5) is 26.3 Å². The molecule has 9 heteroatoms. The zero-order valence-electron chi connectivity index (χ0n) is 8.58. The number of methoxy groups -OCH3 is 1. The largest absolute Gasteiger partial charge is 0.469 e. The summed E-state index contributed by atoms with van der Waals surface area (Å²) in [4.78, 5) is 11.1. The second kappa shape index (κ2) is 4.04. The van der Waals surface area contributed by atoms with Crippen molar-refractivity contribution in [2.45, 2.75) is 12.4 Å². The van der Waals surface area contributed by atoms with E-state index in [1.54, 1.807) is 0 Å². The van der Waals surface area contributed by atoms with E-state index in [1.165, 1.54) is 0 Å². The van der Waals surface area contributed by atoms with Crippen molar-refractivity contribution in [2.75, 3.05) is 20.2 Å². The number of carbonyl (C=O) groups excluding carboxylic acids is 1. The molecule has 1 unspecified atom stereocenters. The third kappa shape index (κ3) is 1.96. The highest BCUT2D eigenvalue weighted by molar-refractivity contribution is 5.74. The van der Waals surface area contributed by atoms with Crippen molar-refractivity contribution < 1.29 is 35.9 Å². The Morgan fingerprint density at radius 3 is 2.06 bits per heavy atom. The molecule has 0 bridgehead atoms. The minimum Gasteiger partial charge on any atom is -0.469 e. The van der Waals surface area contributed by atoms with E-state index in [0.29, 0.717) is 0 Å². The molecule has 1 aliphatic heterocycles.